The fraction of sp³-hybridized carbons (Fsp3) is 0.292. The predicted octanol–water partition coefficient (Wildman–Crippen LogP) is 4.41. The molecule has 0 aliphatic carbocycles. The molecule has 2 heterocycles. The third-order valence-corrected chi connectivity index (χ3v) is 6.51. The molecule has 0 spiro atoms. The average molecular weight is 501 g/mol. The Kier molecular flexibility index (Phi) is 7.11. The maximum absolute atomic E-state index is 13.1. The van der Waals surface area contributed by atoms with Gasteiger partial charge < -0.3 is 26.0 Å². The summed E-state index contributed by atoms with van der Waals surface area (Å²) < 4.78 is 0. The number of likely N-dealkylation sites (tertiary alicyclic amines) is 1. The van der Waals surface area contributed by atoms with E-state index in [4.69, 9.17) is 28.9 Å². The maximum Gasteiger partial charge on any atom is 0.255 e. The molecule has 2 aromatic carbocycles. The van der Waals surface area contributed by atoms with Crippen LogP contribution < -0.4 is 11.1 Å². The van der Waals surface area contributed by atoms with E-state index in [1.165, 1.54) is 0 Å². The van der Waals surface area contributed by atoms with Crippen LogP contribution in [-0.2, 0) is 0 Å². The Balaban J connectivity index is 1.60. The molecule has 1 saturated heterocycles. The molecule has 5 N–H and O–H groups in total. The molecule has 4 rings (SSSR count). The van der Waals surface area contributed by atoms with Gasteiger partial charge in [-0.3, -0.25) is 4.79 Å². The highest BCUT2D eigenvalue weighted by Crippen LogP contribution is 2.34. The minimum Gasteiger partial charge on any atom is -0.394 e. The van der Waals surface area contributed by atoms with Crippen LogP contribution in [0.3, 0.4) is 0 Å². The van der Waals surface area contributed by atoms with Gasteiger partial charge in [0.05, 0.1) is 52.3 Å². The number of aromatic amines is 1. The van der Waals surface area contributed by atoms with Gasteiger partial charge in [-0.25, -0.2) is 9.98 Å². The normalized spacial score (nSPS) is 16.9. The number of imidazole rings is 1. The van der Waals surface area contributed by atoms with E-state index in [0.29, 0.717) is 39.9 Å². The van der Waals surface area contributed by atoms with E-state index >= 15 is 0 Å². The molecule has 0 radical (unpaired) electrons. The summed E-state index contributed by atoms with van der Waals surface area (Å²) in [7, 11) is 0. The first-order valence-corrected chi connectivity index (χ1v) is 11.7. The van der Waals surface area contributed by atoms with E-state index in [1.54, 1.807) is 23.1 Å². The summed E-state index contributed by atoms with van der Waals surface area (Å²) in [5.41, 5.74) is 9.13. The molecule has 1 aromatic heterocycles. The average Bonchev–Trinajstić information content (AvgIpc) is 3.46. The number of hydrogen-bond acceptors (Lipinski definition) is 5. The second-order valence-corrected chi connectivity index (χ2v) is 9.08. The summed E-state index contributed by atoms with van der Waals surface area (Å²) >= 11 is 12.6. The van der Waals surface area contributed by atoms with Crippen molar-refractivity contribution in [2.75, 3.05) is 13.2 Å². The van der Waals surface area contributed by atoms with E-state index in [9.17, 15) is 9.90 Å². The number of aromatic nitrogens is 2. The van der Waals surface area contributed by atoms with Crippen molar-refractivity contribution < 1.29 is 9.90 Å². The van der Waals surface area contributed by atoms with Gasteiger partial charge in [-0.05, 0) is 50.1 Å². The van der Waals surface area contributed by atoms with Gasteiger partial charge in [0.2, 0.25) is 0 Å². The predicted molar refractivity (Wildman–Crippen MR) is 137 cm³/mol. The first kappa shape index (κ1) is 24.1. The number of nitrogens with zero attached hydrogens (tertiary/aromatic N) is 3. The molecule has 0 bridgehead atoms. The van der Waals surface area contributed by atoms with Crippen LogP contribution in [-0.4, -0.2) is 51.4 Å². The number of carbonyl (C=O) groups excluding carboxylic acids is 1. The fourth-order valence-electron chi connectivity index (χ4n) is 4.22. The minimum absolute atomic E-state index is 0.0815. The number of carbonyl (C=O) groups is 1. The SMILES string of the molecule is C=C(NC(C)c1nc2ccc(Cl)cc2[nH]1)c1cc(Cl)c(C(=O)N2CCC[C@H]2CO)cc1N=CN. The zero-order valence-corrected chi connectivity index (χ0v) is 20.2. The number of aliphatic hydroxyl groups is 1. The second kappa shape index (κ2) is 10.0. The molecule has 3 aromatic rings. The lowest BCUT2D eigenvalue weighted by Crippen LogP contribution is -2.37. The van der Waals surface area contributed by atoms with Gasteiger partial charge in [0, 0.05) is 22.8 Å². The van der Waals surface area contributed by atoms with Crippen molar-refractivity contribution in [2.24, 2.45) is 10.7 Å². The van der Waals surface area contributed by atoms with Gasteiger partial charge in [-0.2, -0.15) is 0 Å². The summed E-state index contributed by atoms with van der Waals surface area (Å²) in [6.45, 7) is 6.58. The molecule has 1 amide bonds. The fourth-order valence-corrected chi connectivity index (χ4v) is 4.63. The lowest BCUT2D eigenvalue weighted by Gasteiger charge is -2.24. The van der Waals surface area contributed by atoms with E-state index in [0.717, 1.165) is 30.2 Å². The number of halogens is 2. The highest BCUT2D eigenvalue weighted by Gasteiger charge is 2.30. The van der Waals surface area contributed by atoms with E-state index < -0.39 is 0 Å². The van der Waals surface area contributed by atoms with Gasteiger partial charge in [0.25, 0.3) is 5.91 Å². The molecule has 178 valence electrons. The van der Waals surface area contributed by atoms with Gasteiger partial charge in [-0.1, -0.05) is 29.8 Å². The zero-order chi connectivity index (χ0) is 24.4. The topological polar surface area (TPSA) is 120 Å². The van der Waals surface area contributed by atoms with Crippen molar-refractivity contribution in [1.82, 2.24) is 20.2 Å². The first-order chi connectivity index (χ1) is 16.3. The maximum atomic E-state index is 13.1. The van der Waals surface area contributed by atoms with Gasteiger partial charge in [0.1, 0.15) is 5.82 Å². The Hall–Kier alpha value is -3.07. The summed E-state index contributed by atoms with van der Waals surface area (Å²) in [6.07, 6.45) is 2.76. The Labute approximate surface area is 207 Å². The Morgan fingerprint density at radius 3 is 2.94 bits per heavy atom. The van der Waals surface area contributed by atoms with Crippen molar-refractivity contribution in [3.05, 3.63) is 63.9 Å². The minimum atomic E-state index is -0.241. The summed E-state index contributed by atoms with van der Waals surface area (Å²) in [5, 5.41) is 13.8. The van der Waals surface area contributed by atoms with Crippen LogP contribution >= 0.6 is 23.2 Å². The van der Waals surface area contributed by atoms with Crippen LogP contribution in [0.2, 0.25) is 10.0 Å². The number of aliphatic hydroxyl groups excluding tert-OH is 1. The number of aliphatic imine (C=N–C) groups is 1. The number of hydrogen-bond donors (Lipinski definition) is 4. The molecule has 10 heteroatoms. The van der Waals surface area contributed by atoms with Crippen LogP contribution in [0.5, 0.6) is 0 Å². The molecule has 1 aliphatic heterocycles. The van der Waals surface area contributed by atoms with E-state index in [2.05, 4.69) is 26.9 Å². The largest absolute Gasteiger partial charge is 0.394 e. The van der Waals surface area contributed by atoms with Crippen LogP contribution in [0, 0.1) is 0 Å². The first-order valence-electron chi connectivity index (χ1n) is 10.9. The second-order valence-electron chi connectivity index (χ2n) is 8.23. The van der Waals surface area contributed by atoms with Crippen molar-refractivity contribution in [2.45, 2.75) is 31.8 Å². The monoisotopic (exact) mass is 500 g/mol. The molecular formula is C24H26Cl2N6O2. The summed E-state index contributed by atoms with van der Waals surface area (Å²) in [4.78, 5) is 26.9. The number of nitrogens with two attached hydrogens (primary N) is 1. The highest BCUT2D eigenvalue weighted by atomic mass is 35.5. The molecule has 1 unspecified atom stereocenters. The molecule has 0 saturated carbocycles. The summed E-state index contributed by atoms with van der Waals surface area (Å²) in [6, 6.07) is 8.30. The molecular weight excluding hydrogens is 475 g/mol. The molecule has 8 nitrogen and oxygen atoms in total. The van der Waals surface area contributed by atoms with Crippen LogP contribution in [0.25, 0.3) is 16.7 Å². The number of fused-ring (bicyclic) bond motifs is 1. The Bertz CT molecular complexity index is 1270. The molecule has 2 atom stereocenters. The number of rotatable bonds is 7. The number of amides is 1. The quantitative estimate of drug-likeness (QED) is 0.283. The number of H-pyrrole nitrogens is 1. The van der Waals surface area contributed by atoms with Crippen LogP contribution in [0.4, 0.5) is 5.69 Å². The Morgan fingerprint density at radius 1 is 1.41 bits per heavy atom. The van der Waals surface area contributed by atoms with E-state index in [-0.39, 0.29) is 29.6 Å². The summed E-state index contributed by atoms with van der Waals surface area (Å²) in [5.74, 6) is 0.471. The Morgan fingerprint density at radius 2 is 2.21 bits per heavy atom. The van der Waals surface area contributed by atoms with Crippen LogP contribution in [0.1, 0.15) is 47.6 Å². The molecule has 1 aliphatic rings. The highest BCUT2D eigenvalue weighted by molar-refractivity contribution is 6.34. The van der Waals surface area contributed by atoms with E-state index in [1.807, 2.05) is 19.1 Å². The molecule has 1 fully saturated rings. The van der Waals surface area contributed by atoms with Crippen LogP contribution in [0.15, 0.2) is 41.9 Å². The lowest BCUT2D eigenvalue weighted by atomic mass is 10.0. The number of benzene rings is 2. The van der Waals surface area contributed by atoms with Crippen molar-refractivity contribution in [3.8, 4) is 0 Å². The van der Waals surface area contributed by atoms with Gasteiger partial charge in [0.15, 0.2) is 0 Å². The van der Waals surface area contributed by atoms with Crippen molar-refractivity contribution in [3.63, 3.8) is 0 Å². The molecule has 34 heavy (non-hydrogen) atoms. The lowest BCUT2D eigenvalue weighted by molar-refractivity contribution is 0.0678. The zero-order valence-electron chi connectivity index (χ0n) is 18.7. The van der Waals surface area contributed by atoms with Crippen molar-refractivity contribution >= 4 is 57.9 Å². The van der Waals surface area contributed by atoms with Crippen molar-refractivity contribution in [1.29, 1.82) is 0 Å². The standard InChI is InChI=1S/C24H26Cl2N6O2/c1-13(29-14(2)23-30-20-6-5-15(25)8-22(20)31-23)17-9-19(26)18(10-21(17)28-12-27)24(34)32-7-3-4-16(32)11-33/h5-6,8-10,12,14,16,29,33H,1,3-4,7,11H2,2H3,(H2,27,28)(H,30,31)/t14?,16-/m0/s1. The third kappa shape index (κ3) is 4.75. The van der Waals surface area contributed by atoms with Gasteiger partial charge >= 0.3 is 0 Å². The smallest absolute Gasteiger partial charge is 0.255 e. The third-order valence-electron chi connectivity index (χ3n) is 5.97. The van der Waals surface area contributed by atoms with Gasteiger partial charge in [-0.15, -0.1) is 0 Å². The number of nitrogens with one attached hydrogen (secondary N) is 2.